The number of aryl methyl sites for hydroxylation is 1. The molecule has 5 rings (SSSR count). The fourth-order valence-corrected chi connectivity index (χ4v) is 12.1. The smallest absolute Gasteiger partial charge is 0.341 e. The van der Waals surface area contributed by atoms with Crippen LogP contribution >= 0.6 is 0 Å². The van der Waals surface area contributed by atoms with Gasteiger partial charge in [-0.15, -0.1) is 0 Å². The number of esters is 1. The lowest BCUT2D eigenvalue weighted by Crippen LogP contribution is -2.61. The number of fused-ring (bicyclic) bond motifs is 1. The molecule has 2 aromatic rings. The number of ether oxygens (including phenoxy) is 8. The fourth-order valence-electron chi connectivity index (χ4n) is 12.1. The monoisotopic (exact) mass is 1090 g/mol. The number of hydrogen-bond acceptors (Lipinski definition) is 17. The number of aliphatic hydroxyl groups excluding tert-OH is 2. The Hall–Kier alpha value is -3.15. The summed E-state index contributed by atoms with van der Waals surface area (Å²) >= 11 is 0. The van der Waals surface area contributed by atoms with Gasteiger partial charge in [-0.2, -0.15) is 0 Å². The lowest BCUT2D eigenvalue weighted by atomic mass is 9.77. The third-order valence-corrected chi connectivity index (χ3v) is 16.7. The van der Waals surface area contributed by atoms with E-state index < -0.39 is 113 Å². The zero-order valence-corrected chi connectivity index (χ0v) is 49.3. The van der Waals surface area contributed by atoms with Crippen molar-refractivity contribution >= 4 is 22.8 Å². The molecule has 3 aliphatic rings. The van der Waals surface area contributed by atoms with Gasteiger partial charge in [-0.05, 0) is 153 Å². The Kier molecular flexibility index (Phi) is 22.4. The number of carbonyl (C=O) groups excluding carboxylic acids is 1. The number of carboxylic acid groups (broad SMARTS) is 1. The van der Waals surface area contributed by atoms with Crippen molar-refractivity contribution in [3.8, 4) is 0 Å². The first-order valence-corrected chi connectivity index (χ1v) is 28.0. The summed E-state index contributed by atoms with van der Waals surface area (Å²) in [5.41, 5.74) is -3.98. The molecule has 3 fully saturated rings. The molecular formula is C58H97N3O16. The second-order valence-corrected chi connectivity index (χ2v) is 24.7. The minimum absolute atomic E-state index is 0.176. The average Bonchev–Trinajstić information content (AvgIpc) is 3.34. The number of hydrogen-bond donors (Lipinski definition) is 5. The molecule has 0 amide bonds. The number of aromatic carboxylic acids is 1. The molecule has 1 aromatic heterocycles. The van der Waals surface area contributed by atoms with Gasteiger partial charge in [0, 0.05) is 75.0 Å². The summed E-state index contributed by atoms with van der Waals surface area (Å²) in [6, 6.07) is 4.75. The van der Waals surface area contributed by atoms with E-state index in [1.54, 1.807) is 40.9 Å². The molecule has 19 nitrogen and oxygen atoms in total. The Morgan fingerprint density at radius 2 is 1.58 bits per heavy atom. The van der Waals surface area contributed by atoms with E-state index in [0.717, 1.165) is 5.56 Å². The van der Waals surface area contributed by atoms with E-state index in [2.05, 4.69) is 0 Å². The Balaban J connectivity index is 1.32. The second kappa shape index (κ2) is 26.6. The van der Waals surface area contributed by atoms with Crippen molar-refractivity contribution < 1.29 is 73.0 Å². The minimum Gasteiger partial charge on any atom is -0.477 e. The average molecular weight is 1090 g/mol. The molecule has 3 saturated heterocycles. The van der Waals surface area contributed by atoms with Crippen molar-refractivity contribution in [2.75, 3.05) is 54.6 Å². The van der Waals surface area contributed by atoms with Crippen molar-refractivity contribution in [1.82, 2.24) is 14.4 Å². The van der Waals surface area contributed by atoms with Crippen LogP contribution in [0, 0.1) is 17.8 Å². The Morgan fingerprint density at radius 3 is 2.19 bits per heavy atom. The molecule has 1 aromatic carbocycles. The maximum atomic E-state index is 14.6. The van der Waals surface area contributed by atoms with Crippen LogP contribution in [0.3, 0.4) is 0 Å². The van der Waals surface area contributed by atoms with Crippen LogP contribution in [-0.4, -0.2) is 197 Å². The summed E-state index contributed by atoms with van der Waals surface area (Å²) < 4.78 is 53.4. The lowest BCUT2D eigenvalue weighted by molar-refractivity contribution is -0.320. The van der Waals surface area contributed by atoms with Gasteiger partial charge in [0.05, 0.1) is 47.1 Å². The highest BCUT2D eigenvalue weighted by Crippen LogP contribution is 2.41. The highest BCUT2D eigenvalue weighted by Gasteiger charge is 2.53. The van der Waals surface area contributed by atoms with Crippen LogP contribution in [0.1, 0.15) is 144 Å². The summed E-state index contributed by atoms with van der Waals surface area (Å²) in [6.07, 6.45) is -4.64. The second-order valence-electron chi connectivity index (χ2n) is 24.7. The predicted molar refractivity (Wildman–Crippen MR) is 292 cm³/mol. The van der Waals surface area contributed by atoms with E-state index >= 15 is 0 Å². The van der Waals surface area contributed by atoms with Crippen molar-refractivity contribution in [2.45, 2.75) is 231 Å². The molecule has 0 saturated carbocycles. The number of carbonyl (C=O) groups is 2. The number of aliphatic hydroxyl groups is 4. The first kappa shape index (κ1) is 64.7. The van der Waals surface area contributed by atoms with Gasteiger partial charge in [-0.25, -0.2) is 4.79 Å². The largest absolute Gasteiger partial charge is 0.477 e. The molecule has 440 valence electrons. The van der Waals surface area contributed by atoms with Gasteiger partial charge in [0.2, 0.25) is 5.43 Å². The quantitative estimate of drug-likeness (QED) is 0.0939. The van der Waals surface area contributed by atoms with Crippen LogP contribution < -0.4 is 5.43 Å². The van der Waals surface area contributed by atoms with E-state index in [4.69, 9.17) is 37.9 Å². The first-order chi connectivity index (χ1) is 35.8. The van der Waals surface area contributed by atoms with E-state index in [1.165, 1.54) is 13.1 Å². The highest BCUT2D eigenvalue weighted by atomic mass is 16.7. The van der Waals surface area contributed by atoms with Crippen molar-refractivity contribution in [2.24, 2.45) is 17.8 Å². The van der Waals surface area contributed by atoms with Gasteiger partial charge in [-0.3, -0.25) is 9.59 Å². The van der Waals surface area contributed by atoms with Crippen LogP contribution in [0.25, 0.3) is 10.9 Å². The van der Waals surface area contributed by atoms with Crippen LogP contribution in [0.5, 0.6) is 0 Å². The summed E-state index contributed by atoms with van der Waals surface area (Å²) in [7, 11) is 7.22. The summed E-state index contributed by atoms with van der Waals surface area (Å²) in [6.45, 7) is 25.5. The maximum Gasteiger partial charge on any atom is 0.341 e. The highest BCUT2D eigenvalue weighted by molar-refractivity contribution is 5.92. The third-order valence-electron chi connectivity index (χ3n) is 16.7. The van der Waals surface area contributed by atoms with Gasteiger partial charge >= 0.3 is 11.9 Å². The standard InChI is InChI=1S/C58H97N3O16/c1-18-44-58(13,69)49(64)37(6)60(16)31-33(2)29-56(11,68)50(77-54-47(63)43(59(14)15)27-34(3)73-54)35(4)48(36(5)53(67)75-44)76-45-30-57(12,70-17)51(38(7)74-45)72-26-20-25-71-24-19-21-39-22-23-42-40(28-39)46(62)41(52(65)66)32-61(42)55(8,9)10/h22-23,28,32-38,43-45,47-51,54,63-64,68-69H,18-21,24-27,29-31H2,1-17H3,(H,65,66)/t33-,34-,35+,36-,37-,38+,43+,44-,45+,47-,48+,49-,50-,51+,54+,56-,57-,58-/m1/s1. The molecular weight excluding hydrogens is 995 g/mol. The molecule has 0 aliphatic carbocycles. The molecule has 5 N–H and O–H groups in total. The summed E-state index contributed by atoms with van der Waals surface area (Å²) in [4.78, 5) is 43.6. The molecule has 0 spiro atoms. The zero-order valence-electron chi connectivity index (χ0n) is 49.3. The molecule has 18 atom stereocenters. The van der Waals surface area contributed by atoms with Crippen LogP contribution in [-0.2, 0) is 54.6 Å². The van der Waals surface area contributed by atoms with Crippen LogP contribution in [0.2, 0.25) is 0 Å². The molecule has 0 unspecified atom stereocenters. The lowest BCUT2D eigenvalue weighted by Gasteiger charge is -2.49. The van der Waals surface area contributed by atoms with Crippen LogP contribution in [0.15, 0.2) is 29.2 Å². The Labute approximate surface area is 457 Å². The van der Waals surface area contributed by atoms with Gasteiger partial charge in [0.25, 0.3) is 0 Å². The zero-order chi connectivity index (χ0) is 57.7. The van der Waals surface area contributed by atoms with E-state index in [9.17, 15) is 39.9 Å². The number of methoxy groups -OCH3 is 1. The SMILES string of the molecule is CC[C@H]1OC(=O)[C@H](C)[C@@H](O[C@H]2C[C@@](C)(OC)[C@@H](OCCCOCCCc3ccc4c(c3)c(=O)c(C(=O)O)cn4C(C)(C)C)[C@H](C)O2)[C@H](C)[C@@H](O[C@@H]2O[C@H](C)C[C@H](N(C)C)[C@H]2O)[C@](C)(O)C[C@@H](C)CN(C)[C@H](C)[C@@H](O)[C@]1(C)O. The Morgan fingerprint density at radius 1 is 0.922 bits per heavy atom. The maximum absolute atomic E-state index is 14.6. The third kappa shape index (κ3) is 15.4. The Bertz CT molecular complexity index is 2300. The van der Waals surface area contributed by atoms with Crippen molar-refractivity contribution in [3.05, 3.63) is 45.7 Å². The molecule has 19 heteroatoms. The van der Waals surface area contributed by atoms with E-state index in [-0.39, 0.29) is 42.9 Å². The number of nitrogens with zero attached hydrogens (tertiary/aromatic N) is 3. The van der Waals surface area contributed by atoms with E-state index in [1.807, 2.05) is 103 Å². The first-order valence-electron chi connectivity index (χ1n) is 28.0. The van der Waals surface area contributed by atoms with Gasteiger partial charge in [-0.1, -0.05) is 26.8 Å². The molecule has 0 radical (unpaired) electrons. The topological polar surface area (TPSA) is 238 Å². The number of cyclic esters (lactones) is 1. The minimum atomic E-state index is -1.84. The predicted octanol–water partition coefficient (Wildman–Crippen LogP) is 5.73. The molecule has 4 heterocycles. The molecule has 77 heavy (non-hydrogen) atoms. The van der Waals surface area contributed by atoms with Gasteiger partial charge in [0.1, 0.15) is 35.6 Å². The number of aromatic nitrogens is 1. The fraction of sp³-hybridized carbons (Fsp3) is 0.810. The molecule has 0 bridgehead atoms. The van der Waals surface area contributed by atoms with Crippen LogP contribution in [0.4, 0.5) is 0 Å². The summed E-state index contributed by atoms with van der Waals surface area (Å²) in [5.74, 6) is -3.96. The number of benzene rings is 1. The normalized spacial score (nSPS) is 37.6. The number of rotatable bonds is 17. The van der Waals surface area contributed by atoms with Gasteiger partial charge < -0.3 is 77.8 Å². The van der Waals surface area contributed by atoms with E-state index in [0.29, 0.717) is 63.0 Å². The number of carboxylic acids is 1. The van der Waals surface area contributed by atoms with Gasteiger partial charge in [0.15, 0.2) is 12.6 Å². The molecule has 3 aliphatic heterocycles. The number of likely N-dealkylation sites (N-methyl/N-ethyl adjacent to an activating group) is 2. The van der Waals surface area contributed by atoms with Crippen molar-refractivity contribution in [3.63, 3.8) is 0 Å². The van der Waals surface area contributed by atoms with Crippen molar-refractivity contribution in [1.29, 1.82) is 0 Å². The summed E-state index contributed by atoms with van der Waals surface area (Å²) in [5, 5.41) is 58.3. The number of pyridine rings is 1.